The molecule has 84 valence electrons. The summed E-state index contributed by atoms with van der Waals surface area (Å²) in [6.45, 7) is 8.13. The van der Waals surface area contributed by atoms with Crippen molar-refractivity contribution in [3.8, 4) is 0 Å². The van der Waals surface area contributed by atoms with Crippen LogP contribution in [0.4, 0.5) is 0 Å². The molecule has 1 atom stereocenters. The molecule has 2 heteroatoms. The lowest BCUT2D eigenvalue weighted by Crippen LogP contribution is -2.41. The number of nitrogens with zero attached hydrogens (tertiary/aromatic N) is 1. The van der Waals surface area contributed by atoms with Crippen molar-refractivity contribution in [3.05, 3.63) is 35.9 Å². The molecule has 0 aliphatic carbocycles. The van der Waals surface area contributed by atoms with Crippen LogP contribution in [-0.2, 0) is 0 Å². The summed E-state index contributed by atoms with van der Waals surface area (Å²) < 4.78 is 0. The minimum atomic E-state index is -0.226. The van der Waals surface area contributed by atoms with Crippen LogP contribution in [0.3, 0.4) is 0 Å². The molecule has 1 aromatic carbocycles. The zero-order chi connectivity index (χ0) is 11.5. The fourth-order valence-corrected chi connectivity index (χ4v) is 1.69. The third-order valence-corrected chi connectivity index (χ3v) is 2.55. The van der Waals surface area contributed by atoms with E-state index in [0.29, 0.717) is 0 Å². The molecule has 0 bridgehead atoms. The highest BCUT2D eigenvalue weighted by molar-refractivity contribution is 5.18. The van der Waals surface area contributed by atoms with E-state index in [-0.39, 0.29) is 11.6 Å². The minimum absolute atomic E-state index is 0.0752. The number of hydrogen-bond donors (Lipinski definition) is 1. The monoisotopic (exact) mass is 207 g/mol. The van der Waals surface area contributed by atoms with E-state index in [4.69, 9.17) is 0 Å². The first-order valence-corrected chi connectivity index (χ1v) is 5.50. The molecular weight excluding hydrogens is 186 g/mol. The van der Waals surface area contributed by atoms with Gasteiger partial charge in [-0.05, 0) is 32.8 Å². The first kappa shape index (κ1) is 12.2. The molecule has 2 nitrogen and oxygen atoms in total. The Morgan fingerprint density at radius 1 is 1.20 bits per heavy atom. The van der Waals surface area contributed by atoms with Crippen molar-refractivity contribution in [2.24, 2.45) is 0 Å². The maximum absolute atomic E-state index is 10.1. The number of benzene rings is 1. The molecule has 0 aromatic heterocycles. The van der Waals surface area contributed by atoms with Gasteiger partial charge in [0.2, 0.25) is 0 Å². The summed E-state index contributed by atoms with van der Waals surface area (Å²) >= 11 is 0. The average Bonchev–Trinajstić information content (AvgIpc) is 2.19. The van der Waals surface area contributed by atoms with E-state index in [2.05, 4.69) is 19.1 Å². The summed E-state index contributed by atoms with van der Waals surface area (Å²) in [6, 6.07) is 10.2. The van der Waals surface area contributed by atoms with Gasteiger partial charge >= 0.3 is 0 Å². The first-order chi connectivity index (χ1) is 6.96. The molecule has 15 heavy (non-hydrogen) atoms. The Morgan fingerprint density at radius 2 is 1.73 bits per heavy atom. The van der Waals surface area contributed by atoms with Gasteiger partial charge in [0.25, 0.3) is 0 Å². The van der Waals surface area contributed by atoms with Crippen LogP contribution in [0.5, 0.6) is 0 Å². The number of hydroxylamine groups is 2. The quantitative estimate of drug-likeness (QED) is 0.765. The lowest BCUT2D eigenvalue weighted by atomic mass is 9.99. The first-order valence-electron chi connectivity index (χ1n) is 5.50. The zero-order valence-electron chi connectivity index (χ0n) is 10.1. The van der Waals surface area contributed by atoms with Gasteiger partial charge in [-0.3, -0.25) is 0 Å². The average molecular weight is 207 g/mol. The zero-order valence-corrected chi connectivity index (χ0v) is 10.1. The van der Waals surface area contributed by atoms with Crippen molar-refractivity contribution in [1.82, 2.24) is 5.06 Å². The van der Waals surface area contributed by atoms with Gasteiger partial charge in [0.1, 0.15) is 0 Å². The fraction of sp³-hybridized carbons (Fsp3) is 0.538. The van der Waals surface area contributed by atoms with Gasteiger partial charge in [0.05, 0.1) is 6.04 Å². The highest BCUT2D eigenvalue weighted by Crippen LogP contribution is 2.28. The van der Waals surface area contributed by atoms with Crippen LogP contribution in [0.1, 0.15) is 45.7 Å². The SMILES string of the molecule is CCC(c1ccccc1)N(O)C(C)(C)C. The van der Waals surface area contributed by atoms with Gasteiger partial charge < -0.3 is 5.21 Å². The predicted octanol–water partition coefficient (Wildman–Crippen LogP) is 3.63. The second-order valence-electron chi connectivity index (χ2n) is 4.85. The van der Waals surface area contributed by atoms with E-state index in [1.54, 1.807) is 0 Å². The molecule has 0 heterocycles. The van der Waals surface area contributed by atoms with Crippen LogP contribution < -0.4 is 0 Å². The van der Waals surface area contributed by atoms with E-state index >= 15 is 0 Å². The summed E-state index contributed by atoms with van der Waals surface area (Å²) in [7, 11) is 0. The largest absolute Gasteiger partial charge is 0.313 e. The summed E-state index contributed by atoms with van der Waals surface area (Å²) in [4.78, 5) is 0. The lowest BCUT2D eigenvalue weighted by molar-refractivity contribution is -0.190. The minimum Gasteiger partial charge on any atom is -0.313 e. The Labute approximate surface area is 92.5 Å². The number of hydrogen-bond acceptors (Lipinski definition) is 2. The molecule has 0 radical (unpaired) electrons. The maximum atomic E-state index is 10.1. The van der Waals surface area contributed by atoms with Gasteiger partial charge in [-0.15, -0.1) is 0 Å². The maximum Gasteiger partial charge on any atom is 0.0602 e. The van der Waals surface area contributed by atoms with E-state index in [0.717, 1.165) is 12.0 Å². The van der Waals surface area contributed by atoms with E-state index < -0.39 is 0 Å². The van der Waals surface area contributed by atoms with E-state index in [1.807, 2.05) is 39.0 Å². The molecule has 1 rings (SSSR count). The molecule has 1 aromatic rings. The Hall–Kier alpha value is -0.860. The Kier molecular flexibility index (Phi) is 3.89. The second kappa shape index (κ2) is 4.77. The van der Waals surface area contributed by atoms with Crippen LogP contribution in [0.25, 0.3) is 0 Å². The summed E-state index contributed by atoms with van der Waals surface area (Å²) in [6.07, 6.45) is 0.901. The molecular formula is C13H21NO. The van der Waals surface area contributed by atoms with Gasteiger partial charge in [-0.2, -0.15) is 5.06 Å². The fourth-order valence-electron chi connectivity index (χ4n) is 1.69. The van der Waals surface area contributed by atoms with Crippen LogP contribution in [0.15, 0.2) is 30.3 Å². The molecule has 0 fully saturated rings. The normalized spacial score (nSPS) is 14.3. The Morgan fingerprint density at radius 3 is 2.13 bits per heavy atom. The summed E-state index contributed by atoms with van der Waals surface area (Å²) in [5.74, 6) is 0. The molecule has 0 aliphatic rings. The van der Waals surface area contributed by atoms with Crippen molar-refractivity contribution in [1.29, 1.82) is 0 Å². The Bertz CT molecular complexity index is 289. The van der Waals surface area contributed by atoms with Gasteiger partial charge in [0, 0.05) is 5.54 Å². The van der Waals surface area contributed by atoms with Crippen molar-refractivity contribution in [3.63, 3.8) is 0 Å². The highest BCUT2D eigenvalue weighted by Gasteiger charge is 2.27. The number of rotatable bonds is 3. The third-order valence-electron chi connectivity index (χ3n) is 2.55. The molecule has 0 saturated carbocycles. The molecule has 0 spiro atoms. The summed E-state index contributed by atoms with van der Waals surface area (Å²) in [5.41, 5.74) is 0.939. The predicted molar refractivity (Wildman–Crippen MR) is 62.9 cm³/mol. The molecule has 0 aliphatic heterocycles. The topological polar surface area (TPSA) is 23.5 Å². The van der Waals surface area contributed by atoms with Crippen LogP contribution in [0, 0.1) is 0 Å². The second-order valence-corrected chi connectivity index (χ2v) is 4.85. The standard InChI is InChI=1S/C13H21NO/c1-5-12(14(15)13(2,3)4)11-9-7-6-8-10-11/h6-10,12,15H,5H2,1-4H3. The van der Waals surface area contributed by atoms with E-state index in [1.165, 1.54) is 5.06 Å². The Balaban J connectivity index is 2.90. The van der Waals surface area contributed by atoms with E-state index in [9.17, 15) is 5.21 Å². The summed E-state index contributed by atoms with van der Waals surface area (Å²) in [5, 5.41) is 11.6. The smallest absolute Gasteiger partial charge is 0.0602 e. The van der Waals surface area contributed by atoms with Gasteiger partial charge in [-0.1, -0.05) is 37.3 Å². The molecule has 1 unspecified atom stereocenters. The third kappa shape index (κ3) is 3.05. The molecule has 1 N–H and O–H groups in total. The molecule has 0 saturated heterocycles. The highest BCUT2D eigenvalue weighted by atomic mass is 16.5. The van der Waals surface area contributed by atoms with Crippen molar-refractivity contribution in [2.75, 3.05) is 0 Å². The van der Waals surface area contributed by atoms with Crippen LogP contribution in [0.2, 0.25) is 0 Å². The van der Waals surface area contributed by atoms with Crippen LogP contribution >= 0.6 is 0 Å². The van der Waals surface area contributed by atoms with Gasteiger partial charge in [-0.25, -0.2) is 0 Å². The van der Waals surface area contributed by atoms with Crippen molar-refractivity contribution >= 4 is 0 Å². The molecule has 0 amide bonds. The van der Waals surface area contributed by atoms with Crippen molar-refractivity contribution in [2.45, 2.75) is 45.7 Å². The van der Waals surface area contributed by atoms with Gasteiger partial charge in [0.15, 0.2) is 0 Å². The lowest BCUT2D eigenvalue weighted by Gasteiger charge is -2.36. The van der Waals surface area contributed by atoms with Crippen molar-refractivity contribution < 1.29 is 5.21 Å². The van der Waals surface area contributed by atoms with Crippen LogP contribution in [-0.4, -0.2) is 15.8 Å².